The molecule has 0 aliphatic carbocycles. The Kier molecular flexibility index (Phi) is 4.65. The molecular weight excluding hydrogens is 422 g/mol. The van der Waals surface area contributed by atoms with Crippen molar-refractivity contribution in [1.29, 1.82) is 0 Å². The highest BCUT2D eigenvalue weighted by atomic mass is 35.5. The van der Waals surface area contributed by atoms with Crippen molar-refractivity contribution in [2.75, 3.05) is 5.75 Å². The number of halogens is 1. The van der Waals surface area contributed by atoms with Crippen molar-refractivity contribution in [1.82, 2.24) is 20.7 Å². The molecule has 1 saturated heterocycles. The van der Waals surface area contributed by atoms with Crippen molar-refractivity contribution < 1.29 is 9.59 Å². The first-order chi connectivity index (χ1) is 14.6. The second-order valence-corrected chi connectivity index (χ2v) is 8.00. The van der Waals surface area contributed by atoms with E-state index in [1.54, 1.807) is 12.1 Å². The number of aromatic amines is 1. The lowest BCUT2D eigenvalue weighted by atomic mass is 10.1. The molecule has 0 unspecified atom stereocenters. The number of aromatic nitrogens is 2. The summed E-state index contributed by atoms with van der Waals surface area (Å²) in [6.45, 7) is 0. The summed E-state index contributed by atoms with van der Waals surface area (Å²) in [5, 5.41) is 9.27. The van der Waals surface area contributed by atoms with Crippen LogP contribution in [-0.4, -0.2) is 32.7 Å². The van der Waals surface area contributed by atoms with Gasteiger partial charge < -0.3 is 10.3 Å². The van der Waals surface area contributed by atoms with Crippen molar-refractivity contribution in [3.63, 3.8) is 0 Å². The van der Waals surface area contributed by atoms with Gasteiger partial charge in [0.25, 0.3) is 5.91 Å². The molecule has 1 fully saturated rings. The quantitative estimate of drug-likeness (QED) is 0.425. The fourth-order valence-electron chi connectivity index (χ4n) is 3.35. The molecule has 0 spiro atoms. The Hall–Kier alpha value is -3.36. The molecule has 2 aromatic heterocycles. The third-order valence-corrected chi connectivity index (χ3v) is 5.91. The van der Waals surface area contributed by atoms with Gasteiger partial charge in [-0.2, -0.15) is 0 Å². The molecule has 4 aromatic rings. The Balaban J connectivity index is 1.65. The number of carbonyl (C=O) groups is 2. The molecule has 0 saturated carbocycles. The van der Waals surface area contributed by atoms with Crippen LogP contribution in [0.1, 0.15) is 10.5 Å². The number of hydrogen-bond acceptors (Lipinski definition) is 5. The number of nitrogens with zero attached hydrogens (tertiary/aromatic N) is 2. The van der Waals surface area contributed by atoms with E-state index in [-0.39, 0.29) is 17.4 Å². The summed E-state index contributed by atoms with van der Waals surface area (Å²) in [5.41, 5.74) is 5.69. The van der Waals surface area contributed by atoms with Gasteiger partial charge in [0.05, 0.1) is 22.0 Å². The van der Waals surface area contributed by atoms with Crippen molar-refractivity contribution in [2.24, 2.45) is 5.10 Å². The summed E-state index contributed by atoms with van der Waals surface area (Å²) in [6.07, 6.45) is 0. The predicted octanol–water partition coefficient (Wildman–Crippen LogP) is 3.90. The maximum Gasteiger partial charge on any atom is 0.290 e. The normalized spacial score (nSPS) is 15.1. The van der Waals surface area contributed by atoms with Crippen LogP contribution < -0.4 is 10.7 Å². The summed E-state index contributed by atoms with van der Waals surface area (Å²) in [7, 11) is 0. The zero-order valence-electron chi connectivity index (χ0n) is 15.4. The van der Waals surface area contributed by atoms with Crippen molar-refractivity contribution >= 4 is 62.2 Å². The second-order valence-electron chi connectivity index (χ2n) is 6.62. The molecule has 2 amide bonds. The van der Waals surface area contributed by atoms with E-state index in [0.717, 1.165) is 27.4 Å². The lowest BCUT2D eigenvalue weighted by Gasteiger charge is -2.08. The minimum atomic E-state index is -0.482. The largest absolute Gasteiger partial charge is 0.353 e. The van der Waals surface area contributed by atoms with Crippen LogP contribution in [0.4, 0.5) is 0 Å². The molecule has 9 heteroatoms. The predicted molar refractivity (Wildman–Crippen MR) is 120 cm³/mol. The van der Waals surface area contributed by atoms with Crippen LogP contribution in [0.3, 0.4) is 0 Å². The molecule has 148 valence electrons. The third-order valence-electron chi connectivity index (χ3n) is 4.70. The van der Waals surface area contributed by atoms with E-state index >= 15 is 0 Å². The van der Waals surface area contributed by atoms with Gasteiger partial charge in [0.2, 0.25) is 5.91 Å². The van der Waals surface area contributed by atoms with Crippen LogP contribution >= 0.6 is 23.4 Å². The molecule has 1 aliphatic heterocycles. The second kappa shape index (κ2) is 7.47. The van der Waals surface area contributed by atoms with Crippen LogP contribution in [0.2, 0.25) is 5.02 Å². The highest BCUT2D eigenvalue weighted by molar-refractivity contribution is 8.15. The fourth-order valence-corrected chi connectivity index (χ4v) is 4.22. The van der Waals surface area contributed by atoms with Crippen LogP contribution in [-0.2, 0) is 4.79 Å². The first-order valence-electron chi connectivity index (χ1n) is 9.07. The highest BCUT2D eigenvalue weighted by Gasteiger charge is 2.20. The number of hydrogen-bond donors (Lipinski definition) is 3. The first-order valence-corrected chi connectivity index (χ1v) is 10.4. The Bertz CT molecular complexity index is 1360. The van der Waals surface area contributed by atoms with Gasteiger partial charge in [0.15, 0.2) is 5.17 Å². The van der Waals surface area contributed by atoms with Crippen molar-refractivity contribution in [3.8, 4) is 11.3 Å². The molecule has 30 heavy (non-hydrogen) atoms. The summed E-state index contributed by atoms with van der Waals surface area (Å²) in [4.78, 5) is 32.1. The van der Waals surface area contributed by atoms with E-state index in [9.17, 15) is 9.59 Å². The zero-order chi connectivity index (χ0) is 20.7. The Morgan fingerprint density at radius 2 is 1.93 bits per heavy atom. The summed E-state index contributed by atoms with van der Waals surface area (Å²) < 4.78 is 0. The minimum Gasteiger partial charge on any atom is -0.353 e. The number of carbonyl (C=O) groups excluding carboxylic acids is 2. The van der Waals surface area contributed by atoms with E-state index in [0.29, 0.717) is 15.9 Å². The highest BCUT2D eigenvalue weighted by Crippen LogP contribution is 2.35. The molecule has 0 radical (unpaired) electrons. The lowest BCUT2D eigenvalue weighted by molar-refractivity contribution is -0.116. The fraction of sp³-hybridized carbons (Fsp3) is 0.0476. The van der Waals surface area contributed by atoms with Crippen molar-refractivity contribution in [3.05, 3.63) is 65.3 Å². The van der Waals surface area contributed by atoms with Crippen LogP contribution in [0.25, 0.3) is 33.1 Å². The van der Waals surface area contributed by atoms with E-state index in [1.807, 2.05) is 42.5 Å². The Morgan fingerprint density at radius 3 is 2.73 bits per heavy atom. The van der Waals surface area contributed by atoms with Gasteiger partial charge >= 0.3 is 0 Å². The average Bonchev–Trinajstić information content (AvgIpc) is 3.35. The van der Waals surface area contributed by atoms with E-state index in [4.69, 9.17) is 11.6 Å². The molecule has 7 nitrogen and oxygen atoms in total. The number of pyridine rings is 1. The van der Waals surface area contributed by atoms with Gasteiger partial charge in [-0.3, -0.25) is 9.59 Å². The number of amides is 2. The molecule has 3 heterocycles. The minimum absolute atomic E-state index is 0.146. The molecule has 0 bridgehead atoms. The molecular formula is C21H14ClN5O2S. The topological polar surface area (TPSA) is 99.2 Å². The molecule has 3 N–H and O–H groups in total. The van der Waals surface area contributed by atoms with E-state index < -0.39 is 5.91 Å². The number of thioether (sulfide) groups is 1. The number of para-hydroxylation sites is 1. The number of fused-ring (bicyclic) bond motifs is 3. The number of hydrazone groups is 1. The van der Waals surface area contributed by atoms with Gasteiger partial charge in [-0.1, -0.05) is 59.8 Å². The molecule has 1 aliphatic rings. The SMILES string of the molecule is O=C1CSC(=NNC(=O)c2cc3c([nH]c4ccccc43)c(-c3ccccc3Cl)n2)N1. The summed E-state index contributed by atoms with van der Waals surface area (Å²) in [6, 6.07) is 16.9. The average molecular weight is 436 g/mol. The smallest absolute Gasteiger partial charge is 0.290 e. The van der Waals surface area contributed by atoms with Gasteiger partial charge in [-0.05, 0) is 18.2 Å². The lowest BCUT2D eigenvalue weighted by Crippen LogP contribution is -2.25. The standard InChI is InChI=1S/C21H14ClN5O2S/c22-14-7-3-1-6-12(14)18-19-13(11-5-2-4-8-15(11)23-19)9-16(24-18)20(29)26-27-21-25-17(28)10-30-21/h1-9,23H,10H2,(H,26,29)(H,25,27,28). The first kappa shape index (κ1) is 18.7. The third kappa shape index (κ3) is 3.30. The number of amidine groups is 1. The van der Waals surface area contributed by atoms with Crippen LogP contribution in [0, 0.1) is 0 Å². The molecule has 2 aromatic carbocycles. The van der Waals surface area contributed by atoms with E-state index in [1.165, 1.54) is 11.8 Å². The van der Waals surface area contributed by atoms with Gasteiger partial charge in [-0.15, -0.1) is 5.10 Å². The molecule has 5 rings (SSSR count). The van der Waals surface area contributed by atoms with Gasteiger partial charge in [0, 0.05) is 21.9 Å². The summed E-state index contributed by atoms with van der Waals surface area (Å²) in [5.74, 6) is -0.345. The van der Waals surface area contributed by atoms with Crippen LogP contribution in [0.5, 0.6) is 0 Å². The maximum atomic E-state index is 12.8. The Labute approximate surface area is 179 Å². The van der Waals surface area contributed by atoms with E-state index in [2.05, 4.69) is 25.8 Å². The Morgan fingerprint density at radius 1 is 1.13 bits per heavy atom. The van der Waals surface area contributed by atoms with Gasteiger partial charge in [0.1, 0.15) is 5.69 Å². The van der Waals surface area contributed by atoms with Gasteiger partial charge in [-0.25, -0.2) is 10.4 Å². The number of rotatable bonds is 3. The zero-order valence-corrected chi connectivity index (χ0v) is 17.0. The summed E-state index contributed by atoms with van der Waals surface area (Å²) >= 11 is 7.66. The number of H-pyrrole nitrogens is 1. The number of benzene rings is 2. The number of nitrogens with one attached hydrogen (secondary N) is 3. The monoisotopic (exact) mass is 435 g/mol. The molecule has 0 atom stereocenters. The van der Waals surface area contributed by atoms with Crippen LogP contribution in [0.15, 0.2) is 59.7 Å². The van der Waals surface area contributed by atoms with Crippen molar-refractivity contribution in [2.45, 2.75) is 0 Å². The maximum absolute atomic E-state index is 12.8.